The molecule has 1 amide bonds. The number of carbonyl (C=O) groups excluding carboxylic acids is 1. The molecule has 0 aromatic heterocycles. The van der Waals surface area contributed by atoms with E-state index in [9.17, 15) is 20.2 Å². The lowest BCUT2D eigenvalue weighted by Crippen LogP contribution is -2.28. The third kappa shape index (κ3) is 4.82. The lowest BCUT2D eigenvalue weighted by molar-refractivity contribution is -0.384. The first kappa shape index (κ1) is 19.0. The van der Waals surface area contributed by atoms with Crippen LogP contribution in [-0.4, -0.2) is 10.8 Å². The van der Waals surface area contributed by atoms with E-state index in [0.29, 0.717) is 5.69 Å². The molecule has 2 aromatic carbocycles. The highest BCUT2D eigenvalue weighted by atomic mass is 35.5. The number of nitro benzene ring substituents is 1. The molecule has 8 heteroatoms. The fourth-order valence-electron chi connectivity index (χ4n) is 2.15. The van der Waals surface area contributed by atoms with E-state index < -0.39 is 10.8 Å². The number of nitro groups is 1. The Balaban J connectivity index is 2.10. The van der Waals surface area contributed by atoms with E-state index in [2.05, 4.69) is 10.6 Å². The zero-order chi connectivity index (χ0) is 19.1. The normalized spacial score (nSPS) is 12.0. The van der Waals surface area contributed by atoms with Gasteiger partial charge in [-0.1, -0.05) is 41.9 Å². The van der Waals surface area contributed by atoms with Gasteiger partial charge < -0.3 is 10.6 Å². The number of amides is 1. The van der Waals surface area contributed by atoms with E-state index in [0.717, 1.165) is 5.56 Å². The molecule has 0 saturated carbocycles. The minimum Gasteiger partial charge on any atom is -0.360 e. The van der Waals surface area contributed by atoms with Gasteiger partial charge in [-0.05, 0) is 24.6 Å². The summed E-state index contributed by atoms with van der Waals surface area (Å²) < 4.78 is 0. The van der Waals surface area contributed by atoms with Gasteiger partial charge in [0.2, 0.25) is 0 Å². The van der Waals surface area contributed by atoms with Gasteiger partial charge in [-0.2, -0.15) is 5.26 Å². The van der Waals surface area contributed by atoms with Crippen LogP contribution in [0.1, 0.15) is 18.5 Å². The first-order chi connectivity index (χ1) is 12.4. The molecule has 0 radical (unpaired) electrons. The summed E-state index contributed by atoms with van der Waals surface area (Å²) >= 11 is 5.75. The molecule has 0 aliphatic heterocycles. The number of benzene rings is 2. The highest BCUT2D eigenvalue weighted by Gasteiger charge is 2.15. The summed E-state index contributed by atoms with van der Waals surface area (Å²) in [6, 6.07) is 14.9. The number of nitrogens with zero attached hydrogens (tertiary/aromatic N) is 2. The van der Waals surface area contributed by atoms with Gasteiger partial charge in [0.15, 0.2) is 0 Å². The van der Waals surface area contributed by atoms with Crippen molar-refractivity contribution in [3.8, 4) is 6.07 Å². The van der Waals surface area contributed by atoms with Crippen LogP contribution in [0, 0.1) is 21.4 Å². The van der Waals surface area contributed by atoms with E-state index in [1.165, 1.54) is 24.4 Å². The Morgan fingerprint density at radius 2 is 2.00 bits per heavy atom. The van der Waals surface area contributed by atoms with Crippen LogP contribution in [0.25, 0.3) is 0 Å². The molecule has 0 fully saturated rings. The molecule has 132 valence electrons. The Morgan fingerprint density at radius 3 is 2.62 bits per heavy atom. The summed E-state index contributed by atoms with van der Waals surface area (Å²) in [4.78, 5) is 22.5. The zero-order valence-electron chi connectivity index (χ0n) is 13.8. The second-order valence-corrected chi connectivity index (χ2v) is 5.75. The molecule has 2 rings (SSSR count). The highest BCUT2D eigenvalue weighted by molar-refractivity contribution is 6.32. The van der Waals surface area contributed by atoms with Crippen LogP contribution in [-0.2, 0) is 4.79 Å². The molecule has 0 spiro atoms. The minimum absolute atomic E-state index is 0.000495. The summed E-state index contributed by atoms with van der Waals surface area (Å²) in [7, 11) is 0. The van der Waals surface area contributed by atoms with Crippen LogP contribution in [0.15, 0.2) is 60.3 Å². The summed E-state index contributed by atoms with van der Waals surface area (Å²) in [6.07, 6.45) is 1.19. The third-order valence-corrected chi connectivity index (χ3v) is 3.86. The van der Waals surface area contributed by atoms with E-state index >= 15 is 0 Å². The third-order valence-electron chi connectivity index (χ3n) is 3.54. The summed E-state index contributed by atoms with van der Waals surface area (Å²) in [6.45, 7) is 1.80. The van der Waals surface area contributed by atoms with Crippen LogP contribution in [0.2, 0.25) is 5.02 Å². The second-order valence-electron chi connectivity index (χ2n) is 5.34. The fraction of sp³-hybridized carbons (Fsp3) is 0.111. The number of nitrogens with one attached hydrogen (secondary N) is 2. The van der Waals surface area contributed by atoms with E-state index in [1.807, 2.05) is 30.3 Å². The smallest absolute Gasteiger partial charge is 0.289 e. The minimum atomic E-state index is -0.614. The van der Waals surface area contributed by atoms with Gasteiger partial charge in [0.25, 0.3) is 11.6 Å². The summed E-state index contributed by atoms with van der Waals surface area (Å²) in [5.74, 6) is -0.556. The number of hydrogen-bond donors (Lipinski definition) is 2. The van der Waals surface area contributed by atoms with Crippen molar-refractivity contribution in [1.29, 1.82) is 5.26 Å². The van der Waals surface area contributed by atoms with Crippen LogP contribution in [0.4, 0.5) is 11.4 Å². The number of anilines is 1. The van der Waals surface area contributed by atoms with Gasteiger partial charge in [0, 0.05) is 18.0 Å². The summed E-state index contributed by atoms with van der Waals surface area (Å²) in [5.41, 5.74) is 0.799. The molecule has 0 aliphatic rings. The topological polar surface area (TPSA) is 108 Å². The van der Waals surface area contributed by atoms with E-state index in [1.54, 1.807) is 13.0 Å². The number of hydrogen-bond acceptors (Lipinski definition) is 5. The van der Waals surface area contributed by atoms with Crippen LogP contribution < -0.4 is 10.6 Å². The lowest BCUT2D eigenvalue weighted by atomic mass is 10.1. The van der Waals surface area contributed by atoms with Crippen molar-refractivity contribution >= 4 is 28.9 Å². The monoisotopic (exact) mass is 370 g/mol. The quantitative estimate of drug-likeness (QED) is 0.346. The Morgan fingerprint density at radius 1 is 1.31 bits per heavy atom. The maximum Gasteiger partial charge on any atom is 0.289 e. The second kappa shape index (κ2) is 8.65. The van der Waals surface area contributed by atoms with Crippen LogP contribution >= 0.6 is 11.6 Å². The Labute approximate surface area is 155 Å². The maximum absolute atomic E-state index is 12.2. The largest absolute Gasteiger partial charge is 0.360 e. The predicted octanol–water partition coefficient (Wildman–Crippen LogP) is 3.94. The molecule has 26 heavy (non-hydrogen) atoms. The van der Waals surface area contributed by atoms with Gasteiger partial charge in [0.1, 0.15) is 16.7 Å². The van der Waals surface area contributed by atoms with Gasteiger partial charge in [-0.15, -0.1) is 0 Å². The Kier molecular flexibility index (Phi) is 6.31. The van der Waals surface area contributed by atoms with Crippen LogP contribution in [0.3, 0.4) is 0 Å². The molecule has 2 N–H and O–H groups in total. The molecule has 0 saturated heterocycles. The fourth-order valence-corrected chi connectivity index (χ4v) is 2.33. The standard InChI is InChI=1S/C18H15ClN4O3/c1-12(13-5-3-2-4-6-13)22-18(24)14(10-20)11-21-15-7-8-16(19)17(9-15)23(25)26/h2-9,11-12,21H,1H3,(H,22,24)/b14-11-. The predicted molar refractivity (Wildman–Crippen MR) is 98.4 cm³/mol. The Bertz CT molecular complexity index is 891. The van der Waals surface area contributed by atoms with Crippen molar-refractivity contribution < 1.29 is 9.72 Å². The molecule has 0 heterocycles. The molecular weight excluding hydrogens is 356 g/mol. The number of halogens is 1. The first-order valence-electron chi connectivity index (χ1n) is 7.59. The SMILES string of the molecule is CC(NC(=O)/C(C#N)=C\Nc1ccc(Cl)c([N+](=O)[O-])c1)c1ccccc1. The molecule has 1 atom stereocenters. The Hall–Kier alpha value is -3.37. The van der Waals surface area contributed by atoms with Gasteiger partial charge in [0.05, 0.1) is 11.0 Å². The molecule has 7 nitrogen and oxygen atoms in total. The van der Waals surface area contributed by atoms with E-state index in [-0.39, 0.29) is 22.3 Å². The van der Waals surface area contributed by atoms with Gasteiger partial charge >= 0.3 is 0 Å². The molecule has 0 bridgehead atoms. The van der Waals surface area contributed by atoms with Gasteiger partial charge in [-0.25, -0.2) is 0 Å². The van der Waals surface area contributed by atoms with Crippen molar-refractivity contribution in [1.82, 2.24) is 5.32 Å². The summed E-state index contributed by atoms with van der Waals surface area (Å²) in [5, 5.41) is 25.5. The lowest BCUT2D eigenvalue weighted by Gasteiger charge is -2.13. The van der Waals surface area contributed by atoms with Crippen molar-refractivity contribution in [2.24, 2.45) is 0 Å². The average molecular weight is 371 g/mol. The van der Waals surface area contributed by atoms with Crippen molar-refractivity contribution in [2.75, 3.05) is 5.32 Å². The average Bonchev–Trinajstić information content (AvgIpc) is 2.63. The number of nitriles is 1. The molecular formula is C18H15ClN4O3. The molecule has 1 unspecified atom stereocenters. The number of carbonyl (C=O) groups is 1. The molecule has 2 aromatic rings. The maximum atomic E-state index is 12.2. The van der Waals surface area contributed by atoms with Crippen molar-refractivity contribution in [3.05, 3.63) is 81.0 Å². The van der Waals surface area contributed by atoms with E-state index in [4.69, 9.17) is 11.6 Å². The number of rotatable bonds is 6. The van der Waals surface area contributed by atoms with Crippen molar-refractivity contribution in [2.45, 2.75) is 13.0 Å². The first-order valence-corrected chi connectivity index (χ1v) is 7.96. The van der Waals surface area contributed by atoms with Crippen LogP contribution in [0.5, 0.6) is 0 Å². The molecule has 0 aliphatic carbocycles. The zero-order valence-corrected chi connectivity index (χ0v) is 14.5. The van der Waals surface area contributed by atoms with Crippen molar-refractivity contribution in [3.63, 3.8) is 0 Å². The van der Waals surface area contributed by atoms with Gasteiger partial charge in [-0.3, -0.25) is 14.9 Å². The highest BCUT2D eigenvalue weighted by Crippen LogP contribution is 2.27.